The fraction of sp³-hybridized carbons (Fsp3) is 0.250. The summed E-state index contributed by atoms with van der Waals surface area (Å²) in [4.78, 5) is 17.2. The van der Waals surface area contributed by atoms with Crippen molar-refractivity contribution in [3.05, 3.63) is 70.0 Å². The van der Waals surface area contributed by atoms with Crippen molar-refractivity contribution in [1.29, 1.82) is 0 Å². The molecular formula is C20H19Cl2N3O2. The van der Waals surface area contributed by atoms with Crippen LogP contribution in [-0.4, -0.2) is 16.0 Å². The third-order valence-electron chi connectivity index (χ3n) is 4.04. The van der Waals surface area contributed by atoms with E-state index in [0.29, 0.717) is 27.3 Å². The van der Waals surface area contributed by atoms with Crippen molar-refractivity contribution in [2.45, 2.75) is 26.8 Å². The molecule has 7 heteroatoms. The van der Waals surface area contributed by atoms with Crippen molar-refractivity contribution in [2.24, 2.45) is 5.41 Å². The molecule has 0 spiro atoms. The predicted octanol–water partition coefficient (Wildman–Crippen LogP) is 5.56. The number of rotatable bonds is 4. The molecule has 0 radical (unpaired) electrons. The average Bonchev–Trinajstić information content (AvgIpc) is 3.11. The van der Waals surface area contributed by atoms with Crippen molar-refractivity contribution >= 4 is 29.1 Å². The maximum absolute atomic E-state index is 12.7. The van der Waals surface area contributed by atoms with Gasteiger partial charge in [0.05, 0.1) is 10.0 Å². The highest BCUT2D eigenvalue weighted by molar-refractivity contribution is 6.42. The van der Waals surface area contributed by atoms with Crippen LogP contribution in [0.5, 0.6) is 0 Å². The van der Waals surface area contributed by atoms with Crippen molar-refractivity contribution in [1.82, 2.24) is 15.5 Å². The van der Waals surface area contributed by atoms with Crippen LogP contribution in [-0.2, 0) is 0 Å². The zero-order valence-electron chi connectivity index (χ0n) is 15.2. The normalized spacial score (nSPS) is 12.6. The Balaban J connectivity index is 1.88. The van der Waals surface area contributed by atoms with Gasteiger partial charge in [0.25, 0.3) is 5.91 Å². The maximum atomic E-state index is 12.7. The van der Waals surface area contributed by atoms with Crippen LogP contribution in [0.2, 0.25) is 10.0 Å². The number of carbonyl (C=O) groups excluding carboxylic acids is 1. The first-order chi connectivity index (χ1) is 12.8. The minimum Gasteiger partial charge on any atom is -0.340 e. The molecule has 2 aromatic carbocycles. The van der Waals surface area contributed by atoms with Crippen LogP contribution >= 0.6 is 23.2 Å². The SMILES string of the molecule is CC(C)(C)[C@H](NC(=O)c1ccc(Cl)c(Cl)c1)c1nc(-c2ccccc2)no1. The van der Waals surface area contributed by atoms with Gasteiger partial charge in [0.1, 0.15) is 6.04 Å². The van der Waals surface area contributed by atoms with Crippen molar-refractivity contribution < 1.29 is 9.32 Å². The molecule has 1 N–H and O–H groups in total. The lowest BCUT2D eigenvalue weighted by atomic mass is 9.86. The van der Waals surface area contributed by atoms with Crippen LogP contribution in [0.25, 0.3) is 11.4 Å². The van der Waals surface area contributed by atoms with Crippen LogP contribution < -0.4 is 5.32 Å². The maximum Gasteiger partial charge on any atom is 0.252 e. The van der Waals surface area contributed by atoms with E-state index in [9.17, 15) is 4.79 Å². The Morgan fingerprint density at radius 2 is 1.78 bits per heavy atom. The lowest BCUT2D eigenvalue weighted by Crippen LogP contribution is -2.36. The number of halogens is 2. The van der Waals surface area contributed by atoms with Crippen LogP contribution in [0.1, 0.15) is 43.1 Å². The van der Waals surface area contributed by atoms with Gasteiger partial charge in [0, 0.05) is 11.1 Å². The van der Waals surface area contributed by atoms with Gasteiger partial charge in [-0.05, 0) is 23.6 Å². The van der Waals surface area contributed by atoms with Gasteiger partial charge in [-0.2, -0.15) is 4.98 Å². The fourth-order valence-electron chi connectivity index (χ4n) is 2.56. The Kier molecular flexibility index (Phi) is 5.53. The molecule has 0 unspecified atom stereocenters. The number of benzene rings is 2. The molecule has 0 bridgehead atoms. The summed E-state index contributed by atoms with van der Waals surface area (Å²) < 4.78 is 5.46. The predicted molar refractivity (Wildman–Crippen MR) is 106 cm³/mol. The smallest absolute Gasteiger partial charge is 0.252 e. The summed E-state index contributed by atoms with van der Waals surface area (Å²) in [6.07, 6.45) is 0. The number of hydrogen-bond acceptors (Lipinski definition) is 4. The van der Waals surface area contributed by atoms with Crippen LogP contribution in [0.15, 0.2) is 53.1 Å². The number of hydrogen-bond donors (Lipinski definition) is 1. The zero-order chi connectivity index (χ0) is 19.6. The highest BCUT2D eigenvalue weighted by Crippen LogP contribution is 2.33. The van der Waals surface area contributed by atoms with E-state index in [0.717, 1.165) is 5.56 Å². The summed E-state index contributed by atoms with van der Waals surface area (Å²) >= 11 is 11.9. The minimum absolute atomic E-state index is 0.298. The quantitative estimate of drug-likeness (QED) is 0.618. The minimum atomic E-state index is -0.482. The van der Waals surface area contributed by atoms with Gasteiger partial charge in [-0.25, -0.2) is 0 Å². The molecule has 3 rings (SSSR count). The second-order valence-electron chi connectivity index (χ2n) is 7.22. The van der Waals surface area contributed by atoms with Gasteiger partial charge in [-0.15, -0.1) is 0 Å². The van der Waals surface area contributed by atoms with E-state index >= 15 is 0 Å². The topological polar surface area (TPSA) is 68.0 Å². The Hall–Kier alpha value is -2.37. The van der Waals surface area contributed by atoms with E-state index < -0.39 is 6.04 Å². The first-order valence-corrected chi connectivity index (χ1v) is 9.16. The lowest BCUT2D eigenvalue weighted by molar-refractivity contribution is 0.0881. The molecule has 0 fully saturated rings. The molecule has 1 aromatic heterocycles. The van der Waals surface area contributed by atoms with E-state index in [1.807, 2.05) is 51.1 Å². The standard InChI is InChI=1S/C20H19Cl2N3O2/c1-20(2,3)16(23-18(26)13-9-10-14(21)15(22)11-13)19-24-17(25-27-19)12-7-5-4-6-8-12/h4-11,16H,1-3H3,(H,23,26)/t16-/m1/s1. The van der Waals surface area contributed by atoms with E-state index in [1.165, 1.54) is 6.07 Å². The average molecular weight is 404 g/mol. The van der Waals surface area contributed by atoms with E-state index in [-0.39, 0.29) is 11.3 Å². The van der Waals surface area contributed by atoms with Gasteiger partial charge >= 0.3 is 0 Å². The molecule has 1 atom stereocenters. The molecule has 0 aliphatic rings. The monoisotopic (exact) mass is 403 g/mol. The largest absolute Gasteiger partial charge is 0.340 e. The van der Waals surface area contributed by atoms with Crippen LogP contribution in [0, 0.1) is 5.41 Å². The highest BCUT2D eigenvalue weighted by Gasteiger charge is 2.33. The third-order valence-corrected chi connectivity index (χ3v) is 4.78. The molecule has 140 valence electrons. The molecule has 3 aromatic rings. The molecule has 1 amide bonds. The fourth-order valence-corrected chi connectivity index (χ4v) is 2.86. The molecule has 0 aliphatic carbocycles. The summed E-state index contributed by atoms with van der Waals surface area (Å²) in [7, 11) is 0. The first-order valence-electron chi connectivity index (χ1n) is 8.40. The molecule has 0 saturated heterocycles. The van der Waals surface area contributed by atoms with Gasteiger partial charge in [0.15, 0.2) is 0 Å². The summed E-state index contributed by atoms with van der Waals surface area (Å²) in [5.74, 6) is 0.520. The highest BCUT2D eigenvalue weighted by atomic mass is 35.5. The van der Waals surface area contributed by atoms with Crippen molar-refractivity contribution in [3.63, 3.8) is 0 Å². The van der Waals surface area contributed by atoms with Crippen LogP contribution in [0.3, 0.4) is 0 Å². The summed E-state index contributed by atoms with van der Waals surface area (Å²) in [5.41, 5.74) is 0.893. The molecule has 27 heavy (non-hydrogen) atoms. The number of amides is 1. The Bertz CT molecular complexity index is 949. The van der Waals surface area contributed by atoms with Crippen molar-refractivity contribution in [3.8, 4) is 11.4 Å². The van der Waals surface area contributed by atoms with Gasteiger partial charge in [0.2, 0.25) is 11.7 Å². The number of aromatic nitrogens is 2. The molecule has 1 heterocycles. The second kappa shape index (κ2) is 7.71. The number of carbonyl (C=O) groups is 1. The molecule has 5 nitrogen and oxygen atoms in total. The third kappa shape index (κ3) is 4.49. The Morgan fingerprint density at radius 1 is 1.07 bits per heavy atom. The van der Waals surface area contributed by atoms with Gasteiger partial charge in [-0.1, -0.05) is 79.5 Å². The van der Waals surface area contributed by atoms with Gasteiger partial charge < -0.3 is 9.84 Å². The first kappa shape index (κ1) is 19.4. The number of nitrogens with zero attached hydrogens (tertiary/aromatic N) is 2. The van der Waals surface area contributed by atoms with E-state index in [2.05, 4.69) is 15.5 Å². The summed E-state index contributed by atoms with van der Waals surface area (Å²) in [5, 5.41) is 7.73. The van der Waals surface area contributed by atoms with Crippen LogP contribution in [0.4, 0.5) is 0 Å². The summed E-state index contributed by atoms with van der Waals surface area (Å²) in [6, 6.07) is 13.8. The Labute approximate surface area is 167 Å². The van der Waals surface area contributed by atoms with Crippen molar-refractivity contribution in [2.75, 3.05) is 0 Å². The molecule has 0 saturated carbocycles. The summed E-state index contributed by atoms with van der Waals surface area (Å²) in [6.45, 7) is 5.96. The van der Waals surface area contributed by atoms with Gasteiger partial charge in [-0.3, -0.25) is 4.79 Å². The number of nitrogens with one attached hydrogen (secondary N) is 1. The Morgan fingerprint density at radius 3 is 2.41 bits per heavy atom. The molecular weight excluding hydrogens is 385 g/mol. The van der Waals surface area contributed by atoms with E-state index in [1.54, 1.807) is 12.1 Å². The van der Waals surface area contributed by atoms with E-state index in [4.69, 9.17) is 27.7 Å². The lowest BCUT2D eigenvalue weighted by Gasteiger charge is -2.28. The second-order valence-corrected chi connectivity index (χ2v) is 8.04. The molecule has 0 aliphatic heterocycles. The zero-order valence-corrected chi connectivity index (χ0v) is 16.7.